The number of rotatable bonds is 10. The van der Waals surface area contributed by atoms with Gasteiger partial charge >= 0.3 is 5.97 Å². The fraction of sp³-hybridized carbons (Fsp3) is 0.318. The molecule has 0 aliphatic rings. The SMILES string of the molecule is CCOCOc1c(Cl)cc(Cl)cc1-c1cc2c(OCOCC)c(C(=O)OC)ccc2[nH]1. The molecule has 0 bridgehead atoms. The second-order valence-corrected chi connectivity index (χ2v) is 7.20. The van der Waals surface area contributed by atoms with Crippen LogP contribution in [0.5, 0.6) is 11.5 Å². The van der Waals surface area contributed by atoms with Crippen LogP contribution in [0.2, 0.25) is 10.0 Å². The highest BCUT2D eigenvalue weighted by molar-refractivity contribution is 6.36. The molecule has 0 saturated carbocycles. The van der Waals surface area contributed by atoms with Crippen molar-refractivity contribution in [3.63, 3.8) is 0 Å². The molecule has 0 spiro atoms. The van der Waals surface area contributed by atoms with Gasteiger partial charge in [0.25, 0.3) is 0 Å². The van der Waals surface area contributed by atoms with E-state index in [0.29, 0.717) is 51.4 Å². The van der Waals surface area contributed by atoms with E-state index in [1.165, 1.54) is 7.11 Å². The van der Waals surface area contributed by atoms with Gasteiger partial charge < -0.3 is 28.7 Å². The van der Waals surface area contributed by atoms with Crippen molar-refractivity contribution in [2.75, 3.05) is 33.9 Å². The molecule has 2 aromatic carbocycles. The number of methoxy groups -OCH3 is 1. The van der Waals surface area contributed by atoms with Crippen molar-refractivity contribution >= 4 is 40.1 Å². The first-order valence-electron chi connectivity index (χ1n) is 9.64. The van der Waals surface area contributed by atoms with E-state index in [2.05, 4.69) is 4.98 Å². The van der Waals surface area contributed by atoms with Crippen LogP contribution < -0.4 is 9.47 Å². The van der Waals surface area contributed by atoms with Gasteiger partial charge in [-0.2, -0.15) is 0 Å². The number of fused-ring (bicyclic) bond motifs is 1. The van der Waals surface area contributed by atoms with Gasteiger partial charge in [0, 0.05) is 34.7 Å². The first-order chi connectivity index (χ1) is 15.0. The highest BCUT2D eigenvalue weighted by Gasteiger charge is 2.21. The van der Waals surface area contributed by atoms with Gasteiger partial charge in [0.2, 0.25) is 0 Å². The van der Waals surface area contributed by atoms with Gasteiger partial charge in [-0.15, -0.1) is 0 Å². The van der Waals surface area contributed by atoms with Crippen molar-refractivity contribution in [2.45, 2.75) is 13.8 Å². The van der Waals surface area contributed by atoms with Crippen LogP contribution in [0, 0.1) is 0 Å². The van der Waals surface area contributed by atoms with Crippen LogP contribution in [0.4, 0.5) is 0 Å². The molecule has 31 heavy (non-hydrogen) atoms. The molecule has 1 N–H and O–H groups in total. The van der Waals surface area contributed by atoms with E-state index >= 15 is 0 Å². The highest BCUT2D eigenvalue weighted by atomic mass is 35.5. The molecule has 0 atom stereocenters. The lowest BCUT2D eigenvalue weighted by Crippen LogP contribution is -2.08. The molecule has 0 aliphatic carbocycles. The zero-order chi connectivity index (χ0) is 22.4. The van der Waals surface area contributed by atoms with Crippen LogP contribution in [0.3, 0.4) is 0 Å². The molecular formula is C22H23Cl2NO6. The van der Waals surface area contributed by atoms with E-state index in [-0.39, 0.29) is 19.1 Å². The largest absolute Gasteiger partial charge is 0.466 e. The third-order valence-electron chi connectivity index (χ3n) is 4.44. The van der Waals surface area contributed by atoms with E-state index in [1.54, 1.807) is 24.3 Å². The summed E-state index contributed by atoms with van der Waals surface area (Å²) in [4.78, 5) is 15.6. The van der Waals surface area contributed by atoms with Gasteiger partial charge in [0.05, 0.1) is 17.8 Å². The average molecular weight is 468 g/mol. The van der Waals surface area contributed by atoms with E-state index in [0.717, 1.165) is 5.52 Å². The predicted octanol–water partition coefficient (Wildman–Crippen LogP) is 5.67. The maximum Gasteiger partial charge on any atom is 0.341 e. The zero-order valence-electron chi connectivity index (χ0n) is 17.4. The van der Waals surface area contributed by atoms with Gasteiger partial charge in [-0.05, 0) is 44.2 Å². The third-order valence-corrected chi connectivity index (χ3v) is 4.94. The second kappa shape index (κ2) is 10.7. The Morgan fingerprint density at radius 2 is 1.65 bits per heavy atom. The van der Waals surface area contributed by atoms with Crippen LogP contribution in [-0.4, -0.2) is 44.9 Å². The molecule has 0 fully saturated rings. The second-order valence-electron chi connectivity index (χ2n) is 6.35. The minimum atomic E-state index is -0.511. The molecule has 0 radical (unpaired) electrons. The van der Waals surface area contributed by atoms with Gasteiger partial charge in [-0.3, -0.25) is 0 Å². The number of benzene rings is 2. The average Bonchev–Trinajstić information content (AvgIpc) is 3.19. The van der Waals surface area contributed by atoms with Crippen molar-refractivity contribution in [3.8, 4) is 22.8 Å². The first-order valence-corrected chi connectivity index (χ1v) is 10.4. The molecule has 9 heteroatoms. The Bertz CT molecular complexity index is 1070. The van der Waals surface area contributed by atoms with Crippen LogP contribution in [-0.2, 0) is 14.2 Å². The van der Waals surface area contributed by atoms with E-state index in [9.17, 15) is 4.79 Å². The summed E-state index contributed by atoms with van der Waals surface area (Å²) < 4.78 is 27.0. The molecular weight excluding hydrogens is 445 g/mol. The molecule has 7 nitrogen and oxygen atoms in total. The maximum atomic E-state index is 12.3. The monoisotopic (exact) mass is 467 g/mol. The van der Waals surface area contributed by atoms with Gasteiger partial charge in [0.1, 0.15) is 11.3 Å². The molecule has 166 valence electrons. The lowest BCUT2D eigenvalue weighted by molar-refractivity contribution is 0.0219. The Kier molecular flexibility index (Phi) is 8.03. The minimum absolute atomic E-state index is 0.00810. The Balaban J connectivity index is 2.12. The number of halogens is 2. The summed E-state index contributed by atoms with van der Waals surface area (Å²) in [6.07, 6.45) is 0. The Hall–Kier alpha value is -2.45. The topological polar surface area (TPSA) is 79.0 Å². The summed E-state index contributed by atoms with van der Waals surface area (Å²) in [6.45, 7) is 4.74. The highest BCUT2D eigenvalue weighted by Crippen LogP contribution is 2.41. The van der Waals surface area contributed by atoms with Gasteiger partial charge in [-0.25, -0.2) is 4.79 Å². The predicted molar refractivity (Wildman–Crippen MR) is 119 cm³/mol. The minimum Gasteiger partial charge on any atom is -0.466 e. The van der Waals surface area contributed by atoms with Crippen molar-refractivity contribution in [2.24, 2.45) is 0 Å². The van der Waals surface area contributed by atoms with Crippen LogP contribution in [0.1, 0.15) is 24.2 Å². The molecule has 0 amide bonds. The molecule has 3 aromatic rings. The Morgan fingerprint density at radius 3 is 2.29 bits per heavy atom. The lowest BCUT2D eigenvalue weighted by Gasteiger charge is -2.13. The van der Waals surface area contributed by atoms with Crippen molar-refractivity contribution < 1.29 is 28.5 Å². The van der Waals surface area contributed by atoms with Crippen LogP contribution >= 0.6 is 23.2 Å². The number of hydrogen-bond acceptors (Lipinski definition) is 6. The van der Waals surface area contributed by atoms with Crippen LogP contribution in [0.25, 0.3) is 22.2 Å². The molecule has 1 aromatic heterocycles. The number of nitrogens with one attached hydrogen (secondary N) is 1. The summed E-state index contributed by atoms with van der Waals surface area (Å²) in [5, 5.41) is 1.47. The standard InChI is InChI=1S/C22H23Cl2NO6/c1-4-28-11-30-20-14(22(26)27-3)6-7-18-16(20)10-19(25-18)15-8-13(23)9-17(24)21(15)31-12-29-5-2/h6-10,25H,4-5,11-12H2,1-3H3. The summed E-state index contributed by atoms with van der Waals surface area (Å²) >= 11 is 12.6. The molecule has 0 unspecified atom stereocenters. The summed E-state index contributed by atoms with van der Waals surface area (Å²) in [5.74, 6) is 0.268. The number of carbonyl (C=O) groups excluding carboxylic acids is 1. The van der Waals surface area contributed by atoms with Crippen LogP contribution in [0.15, 0.2) is 30.3 Å². The number of ether oxygens (including phenoxy) is 5. The number of esters is 1. The Morgan fingerprint density at radius 1 is 0.968 bits per heavy atom. The smallest absolute Gasteiger partial charge is 0.341 e. The lowest BCUT2D eigenvalue weighted by atomic mass is 10.1. The quantitative estimate of drug-likeness (QED) is 0.235. The normalized spacial score (nSPS) is 11.0. The zero-order valence-corrected chi connectivity index (χ0v) is 18.9. The summed E-state index contributed by atoms with van der Waals surface area (Å²) in [6, 6.07) is 8.57. The number of carbonyl (C=O) groups is 1. The number of H-pyrrole nitrogens is 1. The number of aromatic nitrogens is 1. The maximum absolute atomic E-state index is 12.3. The summed E-state index contributed by atoms with van der Waals surface area (Å²) in [5.41, 5.74) is 2.34. The molecule has 3 rings (SSSR count). The van der Waals surface area contributed by atoms with Crippen molar-refractivity contribution in [1.29, 1.82) is 0 Å². The molecule has 0 saturated heterocycles. The first kappa shape index (κ1) is 23.2. The molecule has 1 heterocycles. The molecule has 0 aliphatic heterocycles. The number of aromatic amines is 1. The van der Waals surface area contributed by atoms with Gasteiger partial charge in [0.15, 0.2) is 19.3 Å². The fourth-order valence-corrected chi connectivity index (χ4v) is 3.57. The Labute approximate surface area is 190 Å². The van der Waals surface area contributed by atoms with E-state index in [1.807, 2.05) is 19.9 Å². The fourth-order valence-electron chi connectivity index (χ4n) is 3.02. The van der Waals surface area contributed by atoms with E-state index in [4.69, 9.17) is 46.9 Å². The third kappa shape index (κ3) is 5.25. The van der Waals surface area contributed by atoms with Crippen molar-refractivity contribution in [1.82, 2.24) is 4.98 Å². The van der Waals surface area contributed by atoms with Gasteiger partial charge in [-0.1, -0.05) is 23.2 Å². The van der Waals surface area contributed by atoms with Crippen molar-refractivity contribution in [3.05, 3.63) is 45.9 Å². The summed E-state index contributed by atoms with van der Waals surface area (Å²) in [7, 11) is 1.32. The van der Waals surface area contributed by atoms with E-state index < -0.39 is 5.97 Å². The number of hydrogen-bond donors (Lipinski definition) is 1.